The zero-order valence-corrected chi connectivity index (χ0v) is 22.8. The molecule has 2 aliphatic rings. The van der Waals surface area contributed by atoms with Crippen molar-refractivity contribution in [3.63, 3.8) is 0 Å². The Labute approximate surface area is 232 Å². The lowest BCUT2D eigenvalue weighted by molar-refractivity contribution is -0.126. The summed E-state index contributed by atoms with van der Waals surface area (Å²) in [4.78, 5) is 44.4. The molecule has 3 aromatic heterocycles. The number of fused-ring (bicyclic) bond motifs is 2. The first-order valence-electron chi connectivity index (χ1n) is 12.5. The van der Waals surface area contributed by atoms with Gasteiger partial charge in [-0.1, -0.05) is 44.2 Å². The van der Waals surface area contributed by atoms with Crippen LogP contribution < -0.4 is 15.3 Å². The average molecular weight is 567 g/mol. The minimum atomic E-state index is -0.573. The van der Waals surface area contributed by atoms with Gasteiger partial charge < -0.3 is 14.5 Å². The fourth-order valence-electron chi connectivity index (χ4n) is 5.14. The Hall–Kier alpha value is -3.83. The summed E-state index contributed by atoms with van der Waals surface area (Å²) in [5, 5.41) is 0.551. The number of hydrogen-bond donors (Lipinski definition) is 0. The summed E-state index contributed by atoms with van der Waals surface area (Å²) >= 11 is 8.32. The molecule has 0 radical (unpaired) electrons. The number of nitrogens with zero attached hydrogens (tertiary/aromatic N) is 6. The van der Waals surface area contributed by atoms with Gasteiger partial charge in [-0.2, -0.15) is 4.98 Å². The molecule has 1 fully saturated rings. The van der Waals surface area contributed by atoms with Crippen LogP contribution in [-0.2, 0) is 4.79 Å². The molecule has 39 heavy (non-hydrogen) atoms. The molecule has 2 aliphatic heterocycles. The second-order valence-corrected chi connectivity index (χ2v) is 10.9. The third-order valence-electron chi connectivity index (χ3n) is 7.01. The zero-order valence-electron chi connectivity index (χ0n) is 21.2. The number of carbonyl (C=O) groups excluding carboxylic acids is 1. The third-order valence-corrected chi connectivity index (χ3v) is 8.47. The van der Waals surface area contributed by atoms with E-state index >= 15 is 0 Å². The number of aromatic nitrogens is 4. The van der Waals surface area contributed by atoms with Crippen LogP contribution in [0, 0.1) is 5.82 Å². The molecule has 4 aromatic rings. The van der Waals surface area contributed by atoms with Gasteiger partial charge in [0.25, 0.3) is 0 Å². The number of pyridine rings is 1. The lowest BCUT2D eigenvalue weighted by atomic mass is 10.1. The Morgan fingerprint density at radius 1 is 1.26 bits per heavy atom. The molecule has 0 N–H and O–H groups in total. The Bertz CT molecular complexity index is 1700. The number of halogens is 2. The molecule has 0 saturated carbocycles. The van der Waals surface area contributed by atoms with Gasteiger partial charge in [-0.25, -0.2) is 23.7 Å². The highest BCUT2D eigenvalue weighted by molar-refractivity contribution is 7.10. The molecule has 1 amide bonds. The lowest BCUT2D eigenvalue weighted by Gasteiger charge is -2.40. The number of rotatable bonds is 4. The predicted octanol–water partition coefficient (Wildman–Crippen LogP) is 4.42. The maximum atomic E-state index is 15.0. The van der Waals surface area contributed by atoms with Crippen molar-refractivity contribution >= 4 is 45.7 Å². The molecule has 12 heteroatoms. The van der Waals surface area contributed by atoms with Crippen molar-refractivity contribution in [1.82, 2.24) is 24.4 Å². The summed E-state index contributed by atoms with van der Waals surface area (Å²) in [6.07, 6.45) is 1.28. The van der Waals surface area contributed by atoms with E-state index in [1.165, 1.54) is 28.0 Å². The van der Waals surface area contributed by atoms with Crippen LogP contribution in [-0.4, -0.2) is 62.6 Å². The van der Waals surface area contributed by atoms with Crippen LogP contribution in [0.25, 0.3) is 28.1 Å². The molecular formula is C27H24ClFN6O3S. The minimum absolute atomic E-state index is 0.0822. The van der Waals surface area contributed by atoms with Gasteiger partial charge in [0.05, 0.1) is 22.1 Å². The normalized spacial score (nSPS) is 16.7. The van der Waals surface area contributed by atoms with Crippen LogP contribution in [0.2, 0.25) is 5.02 Å². The zero-order chi connectivity index (χ0) is 27.4. The van der Waals surface area contributed by atoms with Gasteiger partial charge in [-0.3, -0.25) is 4.79 Å². The molecule has 5 heterocycles. The fourth-order valence-corrected chi connectivity index (χ4v) is 6.22. The van der Waals surface area contributed by atoms with Crippen LogP contribution in [0.4, 0.5) is 10.2 Å². The number of benzene rings is 1. The summed E-state index contributed by atoms with van der Waals surface area (Å²) in [7, 11) is 0. The SMILES string of the molecule is C=CC(=O)N1CCN2c3nc(=O)n(-c4ncsc4C(C)C)c4nc(-c5ccccc5F)c(Cl)c(c34)OC[C@H]2C1. The molecule has 1 atom stereocenters. The number of ether oxygens (including phenoxy) is 1. The van der Waals surface area contributed by atoms with Crippen molar-refractivity contribution in [1.29, 1.82) is 0 Å². The highest BCUT2D eigenvalue weighted by Gasteiger charge is 2.37. The smallest absolute Gasteiger partial charge is 0.357 e. The minimum Gasteiger partial charge on any atom is -0.489 e. The van der Waals surface area contributed by atoms with Gasteiger partial charge >= 0.3 is 5.69 Å². The molecule has 0 aliphatic carbocycles. The van der Waals surface area contributed by atoms with Gasteiger partial charge in [-0.05, 0) is 24.1 Å². The van der Waals surface area contributed by atoms with E-state index in [-0.39, 0.29) is 52.2 Å². The second kappa shape index (κ2) is 9.73. The fraction of sp³-hybridized carbons (Fsp3) is 0.296. The Morgan fingerprint density at radius 2 is 2.05 bits per heavy atom. The topological polar surface area (TPSA) is 93.5 Å². The van der Waals surface area contributed by atoms with Gasteiger partial charge in [-0.15, -0.1) is 11.3 Å². The number of thiazole rings is 1. The molecule has 200 valence electrons. The number of anilines is 1. The van der Waals surface area contributed by atoms with Crippen molar-refractivity contribution in [2.45, 2.75) is 25.8 Å². The number of carbonyl (C=O) groups is 1. The molecular weight excluding hydrogens is 543 g/mol. The largest absolute Gasteiger partial charge is 0.489 e. The summed E-state index contributed by atoms with van der Waals surface area (Å²) < 4.78 is 22.7. The first-order chi connectivity index (χ1) is 18.8. The van der Waals surface area contributed by atoms with Crippen LogP contribution in [0.3, 0.4) is 0 Å². The van der Waals surface area contributed by atoms with Gasteiger partial charge in [0.15, 0.2) is 17.2 Å². The quantitative estimate of drug-likeness (QED) is 0.338. The maximum Gasteiger partial charge on any atom is 0.357 e. The first-order valence-corrected chi connectivity index (χ1v) is 13.7. The van der Waals surface area contributed by atoms with Crippen molar-refractivity contribution in [3.8, 4) is 22.8 Å². The first kappa shape index (κ1) is 25.4. The highest BCUT2D eigenvalue weighted by atomic mass is 35.5. The van der Waals surface area contributed by atoms with Crippen molar-refractivity contribution in [3.05, 3.63) is 68.6 Å². The molecule has 0 spiro atoms. The van der Waals surface area contributed by atoms with E-state index in [0.29, 0.717) is 36.7 Å². The molecule has 1 saturated heterocycles. The maximum absolute atomic E-state index is 15.0. The summed E-state index contributed by atoms with van der Waals surface area (Å²) in [5.41, 5.74) is 1.64. The molecule has 6 rings (SSSR count). The van der Waals surface area contributed by atoms with Gasteiger partial charge in [0.1, 0.15) is 28.7 Å². The molecule has 0 bridgehead atoms. The van der Waals surface area contributed by atoms with E-state index < -0.39 is 11.5 Å². The molecule has 1 aromatic carbocycles. The third kappa shape index (κ3) is 4.07. The van der Waals surface area contributed by atoms with E-state index in [0.717, 1.165) is 4.88 Å². The second-order valence-electron chi connectivity index (χ2n) is 9.68. The van der Waals surface area contributed by atoms with Crippen molar-refractivity contribution in [2.24, 2.45) is 0 Å². The highest BCUT2D eigenvalue weighted by Crippen LogP contribution is 2.45. The Kier molecular flexibility index (Phi) is 6.35. The summed E-state index contributed by atoms with van der Waals surface area (Å²) in [6, 6.07) is 5.86. The van der Waals surface area contributed by atoms with Crippen LogP contribution in [0.1, 0.15) is 24.6 Å². The Morgan fingerprint density at radius 3 is 2.79 bits per heavy atom. The average Bonchev–Trinajstić information content (AvgIpc) is 3.35. The van der Waals surface area contributed by atoms with E-state index in [4.69, 9.17) is 21.3 Å². The Balaban J connectivity index is 1.66. The van der Waals surface area contributed by atoms with E-state index in [1.807, 2.05) is 18.7 Å². The van der Waals surface area contributed by atoms with Crippen LogP contribution >= 0.6 is 22.9 Å². The van der Waals surface area contributed by atoms with Gasteiger partial charge in [0.2, 0.25) is 5.91 Å². The summed E-state index contributed by atoms with van der Waals surface area (Å²) in [5.74, 6) is 0.429. The van der Waals surface area contributed by atoms with Crippen LogP contribution in [0.15, 0.2) is 47.2 Å². The molecule has 9 nitrogen and oxygen atoms in total. The standard InChI is InChI=1S/C27H24ClFN6O3S/c1-4-18(36)33-9-10-34-15(11-33)12-38-22-19-24(34)32-27(37)35(26-23(14(2)3)39-13-30-26)25(19)31-21(20(22)28)16-7-5-6-8-17(16)29/h4-8,13-15H,1,9-12H2,2-3H3/t15-/m1/s1. The van der Waals surface area contributed by atoms with Crippen LogP contribution in [0.5, 0.6) is 5.75 Å². The number of hydrogen-bond acceptors (Lipinski definition) is 8. The van der Waals surface area contributed by atoms with E-state index in [9.17, 15) is 14.0 Å². The monoisotopic (exact) mass is 566 g/mol. The molecule has 0 unspecified atom stereocenters. The summed E-state index contributed by atoms with van der Waals surface area (Å²) in [6.45, 7) is 8.96. The number of piperazine rings is 1. The number of amides is 1. The van der Waals surface area contributed by atoms with E-state index in [2.05, 4.69) is 16.5 Å². The van der Waals surface area contributed by atoms with Gasteiger partial charge in [0, 0.05) is 25.2 Å². The predicted molar refractivity (Wildman–Crippen MR) is 149 cm³/mol. The van der Waals surface area contributed by atoms with Crippen molar-refractivity contribution in [2.75, 3.05) is 31.1 Å². The van der Waals surface area contributed by atoms with E-state index in [1.54, 1.807) is 28.6 Å². The lowest BCUT2D eigenvalue weighted by Crippen LogP contribution is -2.56. The van der Waals surface area contributed by atoms with Crippen molar-refractivity contribution < 1.29 is 13.9 Å².